The third kappa shape index (κ3) is 3.67. The van der Waals surface area contributed by atoms with Gasteiger partial charge in [-0.05, 0) is 32.1 Å². The molecule has 1 aromatic heterocycles. The molecule has 0 bridgehead atoms. The number of carboxylic acid groups (broad SMARTS) is 1. The van der Waals surface area contributed by atoms with E-state index in [9.17, 15) is 15.0 Å². The van der Waals surface area contributed by atoms with Crippen LogP contribution in [0.4, 0.5) is 0 Å². The average molecular weight is 326 g/mol. The molecule has 0 aliphatic carbocycles. The molecule has 22 heavy (non-hydrogen) atoms. The highest BCUT2D eigenvalue weighted by molar-refractivity contribution is 7.09. The van der Waals surface area contributed by atoms with Gasteiger partial charge in [-0.3, -0.25) is 9.69 Å². The molecular weight excluding hydrogens is 300 g/mol. The minimum atomic E-state index is -1.04. The second-order valence-electron chi connectivity index (χ2n) is 6.77. The van der Waals surface area contributed by atoms with Gasteiger partial charge >= 0.3 is 5.97 Å². The quantitative estimate of drug-likeness (QED) is 0.840. The first kappa shape index (κ1) is 17.4. The third-order valence-electron chi connectivity index (χ3n) is 4.67. The number of aromatic nitrogens is 1. The number of thiazole rings is 1. The Bertz CT molecular complexity index is 517. The zero-order valence-corrected chi connectivity index (χ0v) is 14.4. The first-order valence-electron chi connectivity index (χ1n) is 7.88. The molecule has 1 aliphatic heterocycles. The van der Waals surface area contributed by atoms with Crippen LogP contribution in [0.1, 0.15) is 43.7 Å². The number of aryl methyl sites for hydroxylation is 1. The van der Waals surface area contributed by atoms with Crippen LogP contribution < -0.4 is 0 Å². The van der Waals surface area contributed by atoms with E-state index in [1.165, 1.54) is 4.88 Å². The molecule has 2 atom stereocenters. The predicted octanol–water partition coefficient (Wildman–Crippen LogP) is 2.53. The Morgan fingerprint density at radius 2 is 2.32 bits per heavy atom. The molecule has 1 aromatic rings. The van der Waals surface area contributed by atoms with E-state index in [-0.39, 0.29) is 0 Å². The first-order valence-corrected chi connectivity index (χ1v) is 8.76. The van der Waals surface area contributed by atoms with Gasteiger partial charge in [-0.25, -0.2) is 4.98 Å². The molecule has 1 saturated heterocycles. The van der Waals surface area contributed by atoms with Crippen molar-refractivity contribution in [3.63, 3.8) is 0 Å². The zero-order chi connectivity index (χ0) is 16.3. The molecule has 1 fully saturated rings. The fraction of sp³-hybridized carbons (Fsp3) is 0.750. The Morgan fingerprint density at radius 3 is 2.86 bits per heavy atom. The molecule has 124 valence electrons. The number of aliphatic carboxylic acids is 1. The highest BCUT2D eigenvalue weighted by atomic mass is 32.1. The number of likely N-dealkylation sites (tertiary alicyclic amines) is 1. The number of carbonyl (C=O) groups is 1. The molecule has 2 N–H and O–H groups in total. The van der Waals surface area contributed by atoms with E-state index >= 15 is 0 Å². The number of hydrogen-bond donors (Lipinski definition) is 2. The van der Waals surface area contributed by atoms with Gasteiger partial charge in [-0.15, -0.1) is 11.3 Å². The number of piperidine rings is 1. The van der Waals surface area contributed by atoms with E-state index in [1.807, 2.05) is 12.4 Å². The summed E-state index contributed by atoms with van der Waals surface area (Å²) in [5, 5.41) is 20.2. The van der Waals surface area contributed by atoms with Gasteiger partial charge in [0, 0.05) is 24.5 Å². The van der Waals surface area contributed by atoms with E-state index in [2.05, 4.69) is 23.7 Å². The fourth-order valence-corrected chi connectivity index (χ4v) is 3.91. The van der Waals surface area contributed by atoms with Gasteiger partial charge in [0.25, 0.3) is 0 Å². The second kappa shape index (κ2) is 7.06. The average Bonchev–Trinajstić information content (AvgIpc) is 2.84. The minimum Gasteiger partial charge on any atom is -0.481 e. The Labute approximate surface area is 136 Å². The van der Waals surface area contributed by atoms with Crippen molar-refractivity contribution in [2.75, 3.05) is 13.1 Å². The zero-order valence-electron chi connectivity index (χ0n) is 13.6. The SMILES string of the molecule is Cc1ncsc1CN1CC[C@H](O)[C@](CCC(C)C)(C(=O)O)C1. The molecule has 0 spiro atoms. The highest BCUT2D eigenvalue weighted by Gasteiger charge is 2.48. The van der Waals surface area contributed by atoms with Crippen molar-refractivity contribution in [2.24, 2.45) is 11.3 Å². The maximum atomic E-state index is 11.9. The van der Waals surface area contributed by atoms with Crippen LogP contribution in [-0.2, 0) is 11.3 Å². The Kier molecular flexibility index (Phi) is 5.58. The maximum absolute atomic E-state index is 11.9. The van der Waals surface area contributed by atoms with Gasteiger partial charge < -0.3 is 10.2 Å². The number of carboxylic acids is 1. The van der Waals surface area contributed by atoms with Gasteiger partial charge in [0.2, 0.25) is 0 Å². The van der Waals surface area contributed by atoms with Crippen molar-refractivity contribution in [3.8, 4) is 0 Å². The van der Waals surface area contributed by atoms with Gasteiger partial charge in [0.15, 0.2) is 0 Å². The lowest BCUT2D eigenvalue weighted by Crippen LogP contribution is -2.55. The van der Waals surface area contributed by atoms with Crippen LogP contribution in [0.3, 0.4) is 0 Å². The third-order valence-corrected chi connectivity index (χ3v) is 5.59. The Balaban J connectivity index is 2.13. The van der Waals surface area contributed by atoms with E-state index in [0.29, 0.717) is 25.3 Å². The Hall–Kier alpha value is -0.980. The summed E-state index contributed by atoms with van der Waals surface area (Å²) in [4.78, 5) is 19.5. The molecule has 2 heterocycles. The van der Waals surface area contributed by atoms with Crippen molar-refractivity contribution in [1.82, 2.24) is 9.88 Å². The van der Waals surface area contributed by atoms with Crippen LogP contribution >= 0.6 is 11.3 Å². The lowest BCUT2D eigenvalue weighted by atomic mass is 9.73. The van der Waals surface area contributed by atoms with Gasteiger partial charge in [-0.1, -0.05) is 13.8 Å². The van der Waals surface area contributed by atoms with Crippen molar-refractivity contribution >= 4 is 17.3 Å². The molecule has 0 amide bonds. The maximum Gasteiger partial charge on any atom is 0.313 e. The van der Waals surface area contributed by atoms with Crippen molar-refractivity contribution in [1.29, 1.82) is 0 Å². The monoisotopic (exact) mass is 326 g/mol. The molecule has 0 radical (unpaired) electrons. The standard InChI is InChI=1S/C16H26N2O3S/c1-11(2)4-6-16(15(20)21)9-18(7-5-14(16)19)8-13-12(3)17-10-22-13/h10-11,14,19H,4-9H2,1-3H3,(H,20,21)/t14-,16+/m0/s1. The first-order chi connectivity index (χ1) is 10.3. The second-order valence-corrected chi connectivity index (χ2v) is 7.71. The topological polar surface area (TPSA) is 73.7 Å². The molecule has 6 heteroatoms. The van der Waals surface area contributed by atoms with Crippen LogP contribution in [0, 0.1) is 18.3 Å². The molecular formula is C16H26N2O3S. The summed E-state index contributed by atoms with van der Waals surface area (Å²) in [5.74, 6) is -0.436. The molecule has 5 nitrogen and oxygen atoms in total. The Morgan fingerprint density at radius 1 is 1.59 bits per heavy atom. The van der Waals surface area contributed by atoms with E-state index in [4.69, 9.17) is 0 Å². The molecule has 1 aliphatic rings. The normalized spacial score (nSPS) is 26.5. The van der Waals surface area contributed by atoms with Crippen LogP contribution in [-0.4, -0.2) is 45.3 Å². The summed E-state index contributed by atoms with van der Waals surface area (Å²) in [6.45, 7) is 8.02. The summed E-state index contributed by atoms with van der Waals surface area (Å²) >= 11 is 1.61. The van der Waals surface area contributed by atoms with Gasteiger partial charge in [0.05, 0.1) is 17.3 Å². The van der Waals surface area contributed by atoms with E-state index in [1.54, 1.807) is 11.3 Å². The van der Waals surface area contributed by atoms with Crippen molar-refractivity contribution in [3.05, 3.63) is 16.1 Å². The van der Waals surface area contributed by atoms with Crippen LogP contribution in [0.25, 0.3) is 0 Å². The van der Waals surface area contributed by atoms with Crippen LogP contribution in [0.5, 0.6) is 0 Å². The number of aliphatic hydroxyl groups is 1. The minimum absolute atomic E-state index is 0.410. The summed E-state index contributed by atoms with van der Waals surface area (Å²) < 4.78 is 0. The molecule has 0 unspecified atom stereocenters. The number of aliphatic hydroxyl groups excluding tert-OH is 1. The predicted molar refractivity (Wildman–Crippen MR) is 86.9 cm³/mol. The van der Waals surface area contributed by atoms with E-state index in [0.717, 1.165) is 25.2 Å². The van der Waals surface area contributed by atoms with Gasteiger partial charge in [0.1, 0.15) is 5.41 Å². The lowest BCUT2D eigenvalue weighted by Gasteiger charge is -2.43. The molecule has 2 rings (SSSR count). The number of nitrogens with zero attached hydrogens (tertiary/aromatic N) is 2. The fourth-order valence-electron chi connectivity index (χ4n) is 3.09. The lowest BCUT2D eigenvalue weighted by molar-refractivity contribution is -0.165. The smallest absolute Gasteiger partial charge is 0.313 e. The van der Waals surface area contributed by atoms with Crippen molar-refractivity contribution in [2.45, 2.75) is 52.7 Å². The summed E-state index contributed by atoms with van der Waals surface area (Å²) in [7, 11) is 0. The van der Waals surface area contributed by atoms with Crippen molar-refractivity contribution < 1.29 is 15.0 Å². The number of hydrogen-bond acceptors (Lipinski definition) is 5. The highest BCUT2D eigenvalue weighted by Crippen LogP contribution is 2.37. The van der Waals surface area contributed by atoms with Crippen LogP contribution in [0.2, 0.25) is 0 Å². The van der Waals surface area contributed by atoms with Crippen LogP contribution in [0.15, 0.2) is 5.51 Å². The molecule has 0 saturated carbocycles. The largest absolute Gasteiger partial charge is 0.481 e. The summed E-state index contributed by atoms with van der Waals surface area (Å²) in [5.41, 5.74) is 1.80. The van der Waals surface area contributed by atoms with E-state index < -0.39 is 17.5 Å². The molecule has 0 aromatic carbocycles. The summed E-state index contributed by atoms with van der Waals surface area (Å²) in [6.07, 6.45) is 1.10. The number of rotatable bonds is 6. The van der Waals surface area contributed by atoms with Gasteiger partial charge in [-0.2, -0.15) is 0 Å². The summed E-state index contributed by atoms with van der Waals surface area (Å²) in [6, 6.07) is 0.